The van der Waals surface area contributed by atoms with E-state index in [0.717, 1.165) is 51.9 Å². The number of carbonyl (C=O) groups is 1. The molecular formula is C14H24N2O3. The van der Waals surface area contributed by atoms with Gasteiger partial charge in [-0.3, -0.25) is 9.69 Å². The quantitative estimate of drug-likeness (QED) is 0.692. The zero-order valence-electron chi connectivity index (χ0n) is 11.4. The maximum atomic E-state index is 11.1. The Morgan fingerprint density at radius 2 is 2.11 bits per heavy atom. The lowest BCUT2D eigenvalue weighted by molar-refractivity contribution is -0.148. The van der Waals surface area contributed by atoms with Crippen LogP contribution in [-0.4, -0.2) is 58.4 Å². The number of hydrogen-bond acceptors (Lipinski definition) is 4. The summed E-state index contributed by atoms with van der Waals surface area (Å²) in [5, 5.41) is 23.0. The van der Waals surface area contributed by atoms with E-state index in [1.807, 2.05) is 0 Å². The molecule has 2 aliphatic heterocycles. The van der Waals surface area contributed by atoms with Gasteiger partial charge in [-0.1, -0.05) is 12.8 Å². The Kier molecular flexibility index (Phi) is 3.31. The Morgan fingerprint density at radius 3 is 2.74 bits per heavy atom. The Bertz CT molecular complexity index is 370. The lowest BCUT2D eigenvalue weighted by Crippen LogP contribution is -2.72. The van der Waals surface area contributed by atoms with Crippen molar-refractivity contribution in [2.75, 3.05) is 26.2 Å². The third-order valence-electron chi connectivity index (χ3n) is 5.49. The number of hydrogen-bond donors (Lipinski definition) is 3. The van der Waals surface area contributed by atoms with Gasteiger partial charge in [-0.05, 0) is 19.3 Å². The molecule has 5 heteroatoms. The normalized spacial score (nSPS) is 38.3. The predicted octanol–water partition coefficient (Wildman–Crippen LogP) is 0.430. The summed E-state index contributed by atoms with van der Waals surface area (Å²) in [6.07, 6.45) is 5.36. The van der Waals surface area contributed by atoms with Crippen LogP contribution in [0.25, 0.3) is 0 Å². The van der Waals surface area contributed by atoms with Crippen molar-refractivity contribution in [2.24, 2.45) is 5.92 Å². The van der Waals surface area contributed by atoms with Gasteiger partial charge in [0.2, 0.25) is 0 Å². The highest BCUT2D eigenvalue weighted by molar-refractivity contribution is 5.68. The molecular weight excluding hydrogens is 244 g/mol. The second-order valence-electron chi connectivity index (χ2n) is 6.64. The predicted molar refractivity (Wildman–Crippen MR) is 71.0 cm³/mol. The molecule has 0 bridgehead atoms. The fourth-order valence-electron chi connectivity index (χ4n) is 4.16. The first-order valence-corrected chi connectivity index (χ1v) is 7.44. The number of aliphatic carboxylic acids is 1. The number of fused-ring (bicyclic) bond motifs is 1. The molecule has 3 N–H and O–H groups in total. The minimum atomic E-state index is -0.717. The molecule has 0 aromatic rings. The SMILES string of the molecule is O=C(O)CC1(N2CCC3(O)CCCCC3C2)CNC1. The van der Waals surface area contributed by atoms with Crippen LogP contribution in [0.4, 0.5) is 0 Å². The van der Waals surface area contributed by atoms with E-state index >= 15 is 0 Å². The van der Waals surface area contributed by atoms with Crippen LogP contribution in [0.3, 0.4) is 0 Å². The molecule has 0 radical (unpaired) electrons. The van der Waals surface area contributed by atoms with E-state index in [-0.39, 0.29) is 12.0 Å². The molecule has 5 nitrogen and oxygen atoms in total. The van der Waals surface area contributed by atoms with E-state index in [9.17, 15) is 9.90 Å². The summed E-state index contributed by atoms with van der Waals surface area (Å²) in [4.78, 5) is 13.4. The van der Waals surface area contributed by atoms with Crippen LogP contribution in [0, 0.1) is 5.92 Å². The molecule has 108 valence electrons. The third-order valence-corrected chi connectivity index (χ3v) is 5.49. The fraction of sp³-hybridized carbons (Fsp3) is 0.929. The molecule has 19 heavy (non-hydrogen) atoms. The first-order chi connectivity index (χ1) is 9.04. The highest BCUT2D eigenvalue weighted by Crippen LogP contribution is 2.42. The summed E-state index contributed by atoms with van der Waals surface area (Å²) in [5.74, 6) is -0.382. The molecule has 3 rings (SSSR count). The maximum absolute atomic E-state index is 11.1. The van der Waals surface area contributed by atoms with Gasteiger partial charge in [0.1, 0.15) is 0 Å². The lowest BCUT2D eigenvalue weighted by atomic mass is 9.69. The zero-order chi connectivity index (χ0) is 13.5. The molecule has 1 aliphatic carbocycles. The van der Waals surface area contributed by atoms with E-state index in [1.54, 1.807) is 0 Å². The van der Waals surface area contributed by atoms with Crippen LogP contribution in [0.15, 0.2) is 0 Å². The minimum absolute atomic E-state index is 0.204. The van der Waals surface area contributed by atoms with Crippen molar-refractivity contribution in [2.45, 2.75) is 49.7 Å². The van der Waals surface area contributed by atoms with Gasteiger partial charge in [0.25, 0.3) is 0 Å². The molecule has 3 fully saturated rings. The molecule has 2 heterocycles. The number of piperidine rings is 1. The van der Waals surface area contributed by atoms with Crippen molar-refractivity contribution < 1.29 is 15.0 Å². The van der Waals surface area contributed by atoms with Gasteiger partial charge in [-0.15, -0.1) is 0 Å². The lowest BCUT2D eigenvalue weighted by Gasteiger charge is -2.56. The molecule has 0 spiro atoms. The Morgan fingerprint density at radius 1 is 1.32 bits per heavy atom. The van der Waals surface area contributed by atoms with Crippen LogP contribution in [0.5, 0.6) is 0 Å². The number of carboxylic acids is 1. The van der Waals surface area contributed by atoms with Crippen LogP contribution in [0.1, 0.15) is 38.5 Å². The molecule has 0 aromatic carbocycles. The maximum Gasteiger partial charge on any atom is 0.305 e. The van der Waals surface area contributed by atoms with E-state index in [4.69, 9.17) is 5.11 Å². The Balaban J connectivity index is 1.71. The summed E-state index contributed by atoms with van der Waals surface area (Å²) < 4.78 is 0. The van der Waals surface area contributed by atoms with Crippen molar-refractivity contribution in [3.8, 4) is 0 Å². The third kappa shape index (κ3) is 2.28. The number of aliphatic hydroxyl groups is 1. The second kappa shape index (κ2) is 4.72. The highest BCUT2D eigenvalue weighted by Gasteiger charge is 2.50. The van der Waals surface area contributed by atoms with Crippen LogP contribution in [-0.2, 0) is 4.79 Å². The Labute approximate surface area is 114 Å². The Hall–Kier alpha value is -0.650. The van der Waals surface area contributed by atoms with Crippen LogP contribution >= 0.6 is 0 Å². The number of nitrogens with one attached hydrogen (secondary N) is 1. The van der Waals surface area contributed by atoms with Gasteiger partial charge in [-0.25, -0.2) is 0 Å². The second-order valence-corrected chi connectivity index (χ2v) is 6.64. The average Bonchev–Trinajstić information content (AvgIpc) is 2.32. The van der Waals surface area contributed by atoms with Gasteiger partial charge in [0.05, 0.1) is 17.6 Å². The highest BCUT2D eigenvalue weighted by atomic mass is 16.4. The monoisotopic (exact) mass is 268 g/mol. The first-order valence-electron chi connectivity index (χ1n) is 7.44. The van der Waals surface area contributed by atoms with Crippen LogP contribution < -0.4 is 5.32 Å². The van der Waals surface area contributed by atoms with Crippen LogP contribution in [0.2, 0.25) is 0 Å². The van der Waals surface area contributed by atoms with Crippen molar-refractivity contribution in [3.05, 3.63) is 0 Å². The average molecular weight is 268 g/mol. The van der Waals surface area contributed by atoms with Crippen molar-refractivity contribution >= 4 is 5.97 Å². The molecule has 0 amide bonds. The van der Waals surface area contributed by atoms with E-state index < -0.39 is 11.6 Å². The standard InChI is InChI=1S/C14H24N2O3/c17-12(18)7-13(9-15-10-13)16-6-5-14(19)4-2-1-3-11(14)8-16/h11,15,19H,1-10H2,(H,17,18). The molecule has 1 saturated carbocycles. The smallest absolute Gasteiger partial charge is 0.305 e. The summed E-state index contributed by atoms with van der Waals surface area (Å²) in [5.41, 5.74) is -0.680. The zero-order valence-corrected chi connectivity index (χ0v) is 11.4. The molecule has 2 saturated heterocycles. The summed E-state index contributed by atoms with van der Waals surface area (Å²) >= 11 is 0. The summed E-state index contributed by atoms with van der Waals surface area (Å²) in [7, 11) is 0. The number of rotatable bonds is 3. The van der Waals surface area contributed by atoms with Gasteiger partial charge in [0.15, 0.2) is 0 Å². The van der Waals surface area contributed by atoms with Gasteiger partial charge >= 0.3 is 5.97 Å². The molecule has 2 unspecified atom stereocenters. The number of nitrogens with zero attached hydrogens (tertiary/aromatic N) is 1. The largest absolute Gasteiger partial charge is 0.481 e. The summed E-state index contributed by atoms with van der Waals surface area (Å²) in [6, 6.07) is 0. The van der Waals surface area contributed by atoms with Gasteiger partial charge < -0.3 is 15.5 Å². The number of carboxylic acid groups (broad SMARTS) is 1. The molecule has 3 aliphatic rings. The van der Waals surface area contributed by atoms with Crippen molar-refractivity contribution in [1.82, 2.24) is 10.2 Å². The van der Waals surface area contributed by atoms with E-state index in [2.05, 4.69) is 10.2 Å². The fourth-order valence-corrected chi connectivity index (χ4v) is 4.16. The van der Waals surface area contributed by atoms with Gasteiger partial charge in [0, 0.05) is 32.1 Å². The van der Waals surface area contributed by atoms with Crippen molar-refractivity contribution in [3.63, 3.8) is 0 Å². The molecule has 2 atom stereocenters. The van der Waals surface area contributed by atoms with Gasteiger partial charge in [-0.2, -0.15) is 0 Å². The van der Waals surface area contributed by atoms with E-state index in [0.29, 0.717) is 5.92 Å². The first kappa shape index (κ1) is 13.3. The topological polar surface area (TPSA) is 72.8 Å². The van der Waals surface area contributed by atoms with Crippen molar-refractivity contribution in [1.29, 1.82) is 0 Å². The summed E-state index contributed by atoms with van der Waals surface area (Å²) in [6.45, 7) is 3.24. The molecule has 0 aromatic heterocycles. The minimum Gasteiger partial charge on any atom is -0.481 e. The van der Waals surface area contributed by atoms with E-state index in [1.165, 1.54) is 6.42 Å². The number of likely N-dealkylation sites (tertiary alicyclic amines) is 1.